The number of fused-ring (bicyclic) bond motifs is 2. The van der Waals surface area contributed by atoms with Crippen LogP contribution in [-0.2, 0) is 0 Å². The van der Waals surface area contributed by atoms with Gasteiger partial charge in [-0.1, -0.05) is 23.0 Å². The summed E-state index contributed by atoms with van der Waals surface area (Å²) in [5.74, 6) is 0.796. The number of aryl methyl sites for hydroxylation is 1. The summed E-state index contributed by atoms with van der Waals surface area (Å²) in [7, 11) is 0. The third kappa shape index (κ3) is 1.77. The van der Waals surface area contributed by atoms with E-state index in [1.165, 1.54) is 0 Å². The van der Waals surface area contributed by atoms with Crippen LogP contribution in [-0.4, -0.2) is 15.1 Å². The fourth-order valence-corrected chi connectivity index (χ4v) is 3.05. The van der Waals surface area contributed by atoms with Crippen molar-refractivity contribution in [2.24, 2.45) is 0 Å². The normalized spacial score (nSPS) is 12.4. The van der Waals surface area contributed by atoms with Gasteiger partial charge in [0.2, 0.25) is 0 Å². The van der Waals surface area contributed by atoms with Gasteiger partial charge in [0.15, 0.2) is 5.82 Å². The molecule has 0 saturated heterocycles. The van der Waals surface area contributed by atoms with Gasteiger partial charge in [-0.25, -0.2) is 9.97 Å². The van der Waals surface area contributed by atoms with Gasteiger partial charge in [0.05, 0.1) is 11.4 Å². The van der Waals surface area contributed by atoms with Crippen LogP contribution in [0, 0.1) is 6.92 Å². The van der Waals surface area contributed by atoms with Crippen LogP contribution < -0.4 is 5.32 Å². The highest BCUT2D eigenvalue weighted by Crippen LogP contribution is 2.43. The lowest BCUT2D eigenvalue weighted by molar-refractivity contribution is 0.415. The Morgan fingerprint density at radius 3 is 2.95 bits per heavy atom. The van der Waals surface area contributed by atoms with E-state index in [0.717, 1.165) is 38.2 Å². The monoisotopic (exact) mass is 282 g/mol. The highest BCUT2D eigenvalue weighted by molar-refractivity contribution is 7.99. The van der Waals surface area contributed by atoms with Crippen molar-refractivity contribution in [3.63, 3.8) is 0 Å². The summed E-state index contributed by atoms with van der Waals surface area (Å²) in [4.78, 5) is 9.76. The number of anilines is 2. The van der Waals surface area contributed by atoms with E-state index in [1.807, 2.05) is 6.92 Å². The van der Waals surface area contributed by atoms with E-state index in [2.05, 4.69) is 38.6 Å². The van der Waals surface area contributed by atoms with E-state index in [0.29, 0.717) is 0 Å². The molecule has 4 rings (SSSR count). The molecule has 0 fully saturated rings. The van der Waals surface area contributed by atoms with Crippen molar-refractivity contribution in [3.8, 4) is 11.1 Å². The molecule has 0 spiro atoms. The standard InChI is InChI=1S/C14H10N4OS/c1-8-10(7-19-18-8)9-2-3-12-11(6-9)17-13-14(20-12)16-5-4-15-13/h2-7H,1H3,(H,15,17). The van der Waals surface area contributed by atoms with Gasteiger partial charge < -0.3 is 9.84 Å². The third-order valence-electron chi connectivity index (χ3n) is 3.16. The molecule has 6 heteroatoms. The molecule has 3 aromatic rings. The van der Waals surface area contributed by atoms with Gasteiger partial charge in [-0.15, -0.1) is 0 Å². The second-order valence-corrected chi connectivity index (χ2v) is 5.49. The Bertz CT molecular complexity index is 799. The smallest absolute Gasteiger partial charge is 0.163 e. The van der Waals surface area contributed by atoms with Crippen LogP contribution in [0.1, 0.15) is 5.69 Å². The minimum absolute atomic E-state index is 0.796. The molecular weight excluding hydrogens is 272 g/mol. The van der Waals surface area contributed by atoms with Crippen LogP contribution in [0.25, 0.3) is 11.1 Å². The SMILES string of the molecule is Cc1nocc1-c1ccc2c(c1)Nc1nccnc1S2. The Morgan fingerprint density at radius 2 is 2.10 bits per heavy atom. The predicted molar refractivity (Wildman–Crippen MR) is 76.1 cm³/mol. The van der Waals surface area contributed by atoms with E-state index < -0.39 is 0 Å². The summed E-state index contributed by atoms with van der Waals surface area (Å²) in [6.07, 6.45) is 5.06. The Labute approximate surface area is 119 Å². The first-order chi connectivity index (χ1) is 9.81. The minimum Gasteiger partial charge on any atom is -0.364 e. The lowest BCUT2D eigenvalue weighted by atomic mass is 10.1. The topological polar surface area (TPSA) is 63.8 Å². The maximum atomic E-state index is 5.00. The number of nitrogens with zero attached hydrogens (tertiary/aromatic N) is 3. The van der Waals surface area contributed by atoms with Crippen molar-refractivity contribution in [1.82, 2.24) is 15.1 Å². The average molecular weight is 282 g/mol. The van der Waals surface area contributed by atoms with Crippen LogP contribution in [0.3, 0.4) is 0 Å². The highest BCUT2D eigenvalue weighted by Gasteiger charge is 2.18. The Hall–Kier alpha value is -2.34. The summed E-state index contributed by atoms with van der Waals surface area (Å²) in [6.45, 7) is 1.93. The van der Waals surface area contributed by atoms with Crippen LogP contribution in [0.15, 0.2) is 51.3 Å². The van der Waals surface area contributed by atoms with Gasteiger partial charge in [-0.3, -0.25) is 0 Å². The number of nitrogens with one attached hydrogen (secondary N) is 1. The second kappa shape index (κ2) is 4.35. The van der Waals surface area contributed by atoms with E-state index in [4.69, 9.17) is 4.52 Å². The lowest BCUT2D eigenvalue weighted by Gasteiger charge is -2.19. The van der Waals surface area contributed by atoms with Crippen LogP contribution in [0.5, 0.6) is 0 Å². The number of hydrogen-bond donors (Lipinski definition) is 1. The molecule has 3 heterocycles. The minimum atomic E-state index is 0.796. The fourth-order valence-electron chi connectivity index (χ4n) is 2.17. The van der Waals surface area contributed by atoms with E-state index in [1.54, 1.807) is 30.4 Å². The van der Waals surface area contributed by atoms with Crippen molar-refractivity contribution < 1.29 is 4.52 Å². The molecule has 98 valence electrons. The van der Waals surface area contributed by atoms with E-state index in [9.17, 15) is 0 Å². The number of aromatic nitrogens is 3. The molecule has 1 aromatic carbocycles. The molecule has 1 aliphatic rings. The summed E-state index contributed by atoms with van der Waals surface area (Å²) >= 11 is 1.62. The van der Waals surface area contributed by atoms with Crippen LogP contribution in [0.2, 0.25) is 0 Å². The van der Waals surface area contributed by atoms with E-state index >= 15 is 0 Å². The van der Waals surface area contributed by atoms with Crippen molar-refractivity contribution in [2.75, 3.05) is 5.32 Å². The Balaban J connectivity index is 1.79. The molecule has 0 unspecified atom stereocenters. The summed E-state index contributed by atoms with van der Waals surface area (Å²) in [5.41, 5.74) is 3.99. The molecule has 0 bridgehead atoms. The molecule has 0 atom stereocenters. The molecule has 1 N–H and O–H groups in total. The van der Waals surface area contributed by atoms with E-state index in [-0.39, 0.29) is 0 Å². The number of hydrogen-bond acceptors (Lipinski definition) is 6. The maximum Gasteiger partial charge on any atom is 0.163 e. The average Bonchev–Trinajstić information content (AvgIpc) is 2.90. The fraction of sp³-hybridized carbons (Fsp3) is 0.0714. The largest absolute Gasteiger partial charge is 0.364 e. The number of rotatable bonds is 1. The van der Waals surface area contributed by atoms with Crippen molar-refractivity contribution in [3.05, 3.63) is 42.5 Å². The molecule has 0 aliphatic carbocycles. The van der Waals surface area contributed by atoms with Gasteiger partial charge in [0.1, 0.15) is 11.3 Å². The summed E-state index contributed by atoms with van der Waals surface area (Å²) < 4.78 is 5.00. The van der Waals surface area contributed by atoms with Crippen molar-refractivity contribution in [2.45, 2.75) is 16.8 Å². The van der Waals surface area contributed by atoms with Gasteiger partial charge in [0, 0.05) is 22.9 Å². The highest BCUT2D eigenvalue weighted by atomic mass is 32.2. The van der Waals surface area contributed by atoms with Gasteiger partial charge in [-0.2, -0.15) is 0 Å². The zero-order valence-corrected chi connectivity index (χ0v) is 11.4. The molecule has 0 radical (unpaired) electrons. The zero-order valence-electron chi connectivity index (χ0n) is 10.6. The summed E-state index contributed by atoms with van der Waals surface area (Å²) in [6, 6.07) is 6.22. The zero-order chi connectivity index (χ0) is 13.5. The predicted octanol–water partition coefficient (Wildman–Crippen LogP) is 3.65. The second-order valence-electron chi connectivity index (χ2n) is 4.46. The van der Waals surface area contributed by atoms with Crippen LogP contribution >= 0.6 is 11.8 Å². The molecular formula is C14H10N4OS. The first-order valence-corrected chi connectivity index (χ1v) is 6.94. The Kier molecular flexibility index (Phi) is 2.50. The molecule has 2 aromatic heterocycles. The van der Waals surface area contributed by atoms with Gasteiger partial charge in [0.25, 0.3) is 0 Å². The van der Waals surface area contributed by atoms with Crippen molar-refractivity contribution in [1.29, 1.82) is 0 Å². The number of benzene rings is 1. The molecule has 0 saturated carbocycles. The van der Waals surface area contributed by atoms with Gasteiger partial charge >= 0.3 is 0 Å². The third-order valence-corrected chi connectivity index (χ3v) is 4.23. The summed E-state index contributed by atoms with van der Waals surface area (Å²) in [5, 5.41) is 8.13. The molecule has 1 aliphatic heterocycles. The first-order valence-electron chi connectivity index (χ1n) is 6.12. The van der Waals surface area contributed by atoms with Crippen molar-refractivity contribution >= 4 is 23.3 Å². The molecule has 5 nitrogen and oxygen atoms in total. The van der Waals surface area contributed by atoms with Gasteiger partial charge in [-0.05, 0) is 24.6 Å². The quantitative estimate of drug-likeness (QED) is 0.575. The first kappa shape index (κ1) is 11.5. The Morgan fingerprint density at radius 1 is 1.20 bits per heavy atom. The maximum absolute atomic E-state index is 5.00. The lowest BCUT2D eigenvalue weighted by Crippen LogP contribution is -2.03. The van der Waals surface area contributed by atoms with Crippen LogP contribution in [0.4, 0.5) is 11.5 Å². The molecule has 20 heavy (non-hydrogen) atoms. The molecule has 0 amide bonds.